The molecule has 0 atom stereocenters. The molecule has 0 saturated heterocycles. The number of rotatable bonds is 3. The molecule has 1 aliphatic rings. The number of carbonyl (C=O) groups excluding carboxylic acids is 1. The third-order valence-electron chi connectivity index (χ3n) is 4.71. The summed E-state index contributed by atoms with van der Waals surface area (Å²) in [6.07, 6.45) is 0. The molecule has 2 heterocycles. The lowest BCUT2D eigenvalue weighted by Gasteiger charge is -2.11. The number of aromatic nitrogens is 1. The maximum absolute atomic E-state index is 13.2. The van der Waals surface area contributed by atoms with E-state index in [0.717, 1.165) is 26.6 Å². The van der Waals surface area contributed by atoms with Crippen LogP contribution in [0.4, 0.5) is 5.69 Å². The zero-order chi connectivity index (χ0) is 19.8. The van der Waals surface area contributed by atoms with E-state index in [1.54, 1.807) is 18.2 Å². The van der Waals surface area contributed by atoms with E-state index in [1.165, 1.54) is 0 Å². The number of amides is 1. The first kappa shape index (κ1) is 17.7. The van der Waals surface area contributed by atoms with Crippen molar-refractivity contribution in [1.82, 2.24) is 4.98 Å². The Morgan fingerprint density at radius 3 is 2.69 bits per heavy atom. The molecule has 3 aromatic carbocycles. The van der Waals surface area contributed by atoms with Gasteiger partial charge in [0.15, 0.2) is 11.5 Å². The van der Waals surface area contributed by atoms with E-state index >= 15 is 0 Å². The van der Waals surface area contributed by atoms with Crippen LogP contribution in [0.5, 0.6) is 11.5 Å². The number of nitrogens with one attached hydrogen (secondary N) is 1. The molecule has 0 radical (unpaired) electrons. The minimum atomic E-state index is -0.210. The van der Waals surface area contributed by atoms with Gasteiger partial charge in [-0.2, -0.15) is 0 Å². The second-order valence-electron chi connectivity index (χ2n) is 6.60. The fourth-order valence-corrected chi connectivity index (χ4v) is 3.73. The minimum absolute atomic E-state index is 0.192. The summed E-state index contributed by atoms with van der Waals surface area (Å²) in [7, 11) is 0. The molecule has 1 aliphatic heterocycles. The number of para-hydroxylation sites is 1. The molecule has 1 amide bonds. The van der Waals surface area contributed by atoms with Crippen LogP contribution in [0.3, 0.4) is 0 Å². The highest BCUT2D eigenvalue weighted by molar-refractivity contribution is 9.10. The highest BCUT2D eigenvalue weighted by Crippen LogP contribution is 2.34. The third kappa shape index (κ3) is 3.43. The van der Waals surface area contributed by atoms with Gasteiger partial charge in [0.25, 0.3) is 5.91 Å². The largest absolute Gasteiger partial charge is 0.454 e. The highest BCUT2D eigenvalue weighted by Gasteiger charge is 2.17. The summed E-state index contributed by atoms with van der Waals surface area (Å²) in [5.41, 5.74) is 3.64. The van der Waals surface area contributed by atoms with E-state index in [0.29, 0.717) is 22.7 Å². The van der Waals surface area contributed by atoms with Gasteiger partial charge in [-0.1, -0.05) is 46.3 Å². The van der Waals surface area contributed by atoms with Crippen molar-refractivity contribution in [3.8, 4) is 22.8 Å². The Kier molecular flexibility index (Phi) is 4.41. The van der Waals surface area contributed by atoms with Crippen LogP contribution in [0.2, 0.25) is 0 Å². The first-order valence-electron chi connectivity index (χ1n) is 9.04. The Labute approximate surface area is 175 Å². The lowest BCUT2D eigenvalue weighted by atomic mass is 10.0. The quantitative estimate of drug-likeness (QED) is 0.441. The molecular weight excluding hydrogens is 432 g/mol. The fraction of sp³-hybridized carbons (Fsp3) is 0.0435. The molecule has 4 aromatic rings. The first-order chi connectivity index (χ1) is 14.2. The summed E-state index contributed by atoms with van der Waals surface area (Å²) >= 11 is 3.50. The molecule has 0 aliphatic carbocycles. The summed E-state index contributed by atoms with van der Waals surface area (Å²) < 4.78 is 11.7. The second kappa shape index (κ2) is 7.22. The summed E-state index contributed by atoms with van der Waals surface area (Å²) in [6.45, 7) is 0.192. The molecule has 6 heteroatoms. The molecule has 1 N–H and O–H groups in total. The summed E-state index contributed by atoms with van der Waals surface area (Å²) in [4.78, 5) is 17.9. The van der Waals surface area contributed by atoms with E-state index in [2.05, 4.69) is 21.2 Å². The molecule has 0 bridgehead atoms. The van der Waals surface area contributed by atoms with Crippen molar-refractivity contribution in [1.29, 1.82) is 0 Å². The summed E-state index contributed by atoms with van der Waals surface area (Å²) in [5.74, 6) is 1.09. The Balaban J connectivity index is 1.57. The van der Waals surface area contributed by atoms with Crippen molar-refractivity contribution in [2.75, 3.05) is 12.1 Å². The molecule has 1 aromatic heterocycles. The number of ether oxygens (including phenoxy) is 2. The van der Waals surface area contributed by atoms with E-state index in [4.69, 9.17) is 14.5 Å². The molecule has 0 spiro atoms. The van der Waals surface area contributed by atoms with Gasteiger partial charge in [-0.25, -0.2) is 4.98 Å². The van der Waals surface area contributed by atoms with Gasteiger partial charge in [0.1, 0.15) is 0 Å². The Morgan fingerprint density at radius 1 is 0.931 bits per heavy atom. The van der Waals surface area contributed by atoms with Crippen molar-refractivity contribution in [2.24, 2.45) is 0 Å². The van der Waals surface area contributed by atoms with Crippen LogP contribution in [0, 0.1) is 0 Å². The number of hydrogen-bond donors (Lipinski definition) is 1. The number of carbonyl (C=O) groups is 1. The highest BCUT2D eigenvalue weighted by atomic mass is 79.9. The van der Waals surface area contributed by atoms with Crippen LogP contribution in [-0.4, -0.2) is 17.7 Å². The third-order valence-corrected chi connectivity index (χ3v) is 5.20. The van der Waals surface area contributed by atoms with E-state index < -0.39 is 0 Å². The zero-order valence-electron chi connectivity index (χ0n) is 15.2. The van der Waals surface area contributed by atoms with Gasteiger partial charge in [-0.3, -0.25) is 4.79 Å². The molecule has 29 heavy (non-hydrogen) atoms. The predicted molar refractivity (Wildman–Crippen MR) is 115 cm³/mol. The molecule has 5 rings (SSSR count). The number of pyridine rings is 1. The van der Waals surface area contributed by atoms with E-state index in [9.17, 15) is 4.79 Å². The number of fused-ring (bicyclic) bond motifs is 2. The normalized spacial score (nSPS) is 12.2. The number of hydrogen-bond acceptors (Lipinski definition) is 4. The van der Waals surface area contributed by atoms with Crippen molar-refractivity contribution < 1.29 is 14.3 Å². The average molecular weight is 447 g/mol. The van der Waals surface area contributed by atoms with Gasteiger partial charge in [-0.05, 0) is 36.4 Å². The molecule has 142 valence electrons. The monoisotopic (exact) mass is 446 g/mol. The van der Waals surface area contributed by atoms with Gasteiger partial charge in [-0.15, -0.1) is 0 Å². The van der Waals surface area contributed by atoms with Crippen LogP contribution in [0.25, 0.3) is 22.2 Å². The standard InChI is InChI=1S/C23H15BrN2O3/c24-15-5-3-4-14(10-15)20-12-18(17-6-1-2-7-19(17)26-20)23(27)25-16-8-9-21-22(11-16)29-13-28-21/h1-12H,13H2,(H,25,27). The predicted octanol–water partition coefficient (Wildman–Crippen LogP) is 5.65. The zero-order valence-corrected chi connectivity index (χ0v) is 16.8. The van der Waals surface area contributed by atoms with Crippen LogP contribution in [0.15, 0.2) is 77.3 Å². The number of anilines is 1. The van der Waals surface area contributed by atoms with Crippen molar-refractivity contribution in [2.45, 2.75) is 0 Å². The topological polar surface area (TPSA) is 60.5 Å². The van der Waals surface area contributed by atoms with Crippen molar-refractivity contribution in [3.63, 3.8) is 0 Å². The molecule has 0 unspecified atom stereocenters. The number of nitrogens with zero attached hydrogens (tertiary/aromatic N) is 1. The smallest absolute Gasteiger partial charge is 0.256 e. The van der Waals surface area contributed by atoms with Crippen LogP contribution in [0.1, 0.15) is 10.4 Å². The van der Waals surface area contributed by atoms with Crippen LogP contribution >= 0.6 is 15.9 Å². The summed E-state index contributed by atoms with van der Waals surface area (Å²) in [5, 5.41) is 3.75. The van der Waals surface area contributed by atoms with Gasteiger partial charge >= 0.3 is 0 Å². The van der Waals surface area contributed by atoms with Crippen molar-refractivity contribution in [3.05, 3.63) is 82.8 Å². The lowest BCUT2D eigenvalue weighted by molar-refractivity contribution is 0.102. The van der Waals surface area contributed by atoms with Crippen LogP contribution < -0.4 is 14.8 Å². The Morgan fingerprint density at radius 2 is 1.79 bits per heavy atom. The Hall–Kier alpha value is -3.38. The molecular formula is C23H15BrN2O3. The number of benzene rings is 3. The van der Waals surface area contributed by atoms with E-state index in [1.807, 2.05) is 54.6 Å². The SMILES string of the molecule is O=C(Nc1ccc2c(c1)OCO2)c1cc(-c2cccc(Br)c2)nc2ccccc12. The van der Waals surface area contributed by atoms with Gasteiger partial charge in [0, 0.05) is 27.2 Å². The molecule has 5 nitrogen and oxygen atoms in total. The lowest BCUT2D eigenvalue weighted by Crippen LogP contribution is -2.13. The van der Waals surface area contributed by atoms with Crippen LogP contribution in [-0.2, 0) is 0 Å². The Bertz CT molecular complexity index is 1260. The van der Waals surface area contributed by atoms with Gasteiger partial charge < -0.3 is 14.8 Å². The maximum Gasteiger partial charge on any atom is 0.256 e. The molecule has 0 fully saturated rings. The fourth-order valence-electron chi connectivity index (χ4n) is 3.33. The maximum atomic E-state index is 13.2. The van der Waals surface area contributed by atoms with Crippen molar-refractivity contribution >= 4 is 38.4 Å². The minimum Gasteiger partial charge on any atom is -0.454 e. The first-order valence-corrected chi connectivity index (χ1v) is 9.83. The van der Waals surface area contributed by atoms with E-state index in [-0.39, 0.29) is 12.7 Å². The second-order valence-corrected chi connectivity index (χ2v) is 7.52. The number of halogens is 1. The van der Waals surface area contributed by atoms with Gasteiger partial charge in [0.2, 0.25) is 6.79 Å². The average Bonchev–Trinajstić information content (AvgIpc) is 3.21. The van der Waals surface area contributed by atoms with Gasteiger partial charge in [0.05, 0.1) is 16.8 Å². The summed E-state index contributed by atoms with van der Waals surface area (Å²) in [6, 6.07) is 22.7. The molecule has 0 saturated carbocycles.